The van der Waals surface area contributed by atoms with Crippen molar-refractivity contribution in [2.45, 2.75) is 39.2 Å². The van der Waals surface area contributed by atoms with Gasteiger partial charge in [-0.15, -0.1) is 0 Å². The molecule has 0 radical (unpaired) electrons. The fraction of sp³-hybridized carbons (Fsp3) is 0.409. The topological polar surface area (TPSA) is 32.3 Å². The Morgan fingerprint density at radius 1 is 1.11 bits per heavy atom. The van der Waals surface area contributed by atoms with Gasteiger partial charge in [0.2, 0.25) is 5.91 Å². The molecule has 27 heavy (non-hydrogen) atoms. The average molecular weight is 405 g/mol. The van der Waals surface area contributed by atoms with E-state index >= 15 is 0 Å². The number of hydrogen-bond donors (Lipinski definition) is 1. The number of rotatable bonds is 6. The maximum absolute atomic E-state index is 12.1. The van der Waals surface area contributed by atoms with Crippen LogP contribution < -0.4 is 10.2 Å². The summed E-state index contributed by atoms with van der Waals surface area (Å²) in [6.45, 7) is 5.13. The molecule has 2 aromatic rings. The lowest BCUT2D eigenvalue weighted by molar-refractivity contribution is -0.121. The number of benzene rings is 2. The van der Waals surface area contributed by atoms with Gasteiger partial charge in [-0.1, -0.05) is 48.3 Å². The first-order chi connectivity index (χ1) is 13.0. The summed E-state index contributed by atoms with van der Waals surface area (Å²) in [7, 11) is 0. The Balaban J connectivity index is 1.45. The van der Waals surface area contributed by atoms with Crippen LogP contribution >= 0.6 is 23.2 Å². The second-order valence-corrected chi connectivity index (χ2v) is 8.20. The zero-order valence-electron chi connectivity index (χ0n) is 15.7. The number of hydrogen-bond acceptors (Lipinski definition) is 2. The molecule has 1 unspecified atom stereocenters. The van der Waals surface area contributed by atoms with Gasteiger partial charge < -0.3 is 10.2 Å². The van der Waals surface area contributed by atoms with E-state index in [1.54, 1.807) is 6.07 Å². The fourth-order valence-electron chi connectivity index (χ4n) is 3.49. The minimum absolute atomic E-state index is 0.0370. The maximum Gasteiger partial charge on any atom is 0.220 e. The molecule has 5 heteroatoms. The SMILES string of the molecule is CC1CCCN(c2ccc(CNC(=O)CCc3ccc(Cl)c(Cl)c3)cc2)C1. The molecule has 0 bridgehead atoms. The van der Waals surface area contributed by atoms with Gasteiger partial charge in [-0.2, -0.15) is 0 Å². The molecule has 3 rings (SSSR count). The van der Waals surface area contributed by atoms with Crippen molar-refractivity contribution < 1.29 is 4.79 Å². The van der Waals surface area contributed by atoms with Gasteiger partial charge in [-0.25, -0.2) is 0 Å². The Morgan fingerprint density at radius 2 is 1.85 bits per heavy atom. The largest absolute Gasteiger partial charge is 0.371 e. The molecule has 0 aromatic heterocycles. The molecule has 0 saturated carbocycles. The summed E-state index contributed by atoms with van der Waals surface area (Å²) >= 11 is 11.9. The van der Waals surface area contributed by atoms with Crippen LogP contribution in [-0.2, 0) is 17.8 Å². The number of halogens is 2. The maximum atomic E-state index is 12.1. The lowest BCUT2D eigenvalue weighted by Gasteiger charge is -2.32. The molecular weight excluding hydrogens is 379 g/mol. The molecule has 1 N–H and O–H groups in total. The predicted octanol–water partition coefficient (Wildman–Crippen LogP) is 5.48. The Morgan fingerprint density at radius 3 is 2.56 bits per heavy atom. The van der Waals surface area contributed by atoms with Crippen molar-refractivity contribution in [3.63, 3.8) is 0 Å². The zero-order chi connectivity index (χ0) is 19.2. The van der Waals surface area contributed by atoms with Crippen LogP contribution in [0.2, 0.25) is 10.0 Å². The summed E-state index contributed by atoms with van der Waals surface area (Å²) in [5, 5.41) is 4.05. The number of amides is 1. The first-order valence-electron chi connectivity index (χ1n) is 9.56. The van der Waals surface area contributed by atoms with E-state index in [2.05, 4.69) is 41.4 Å². The number of nitrogens with one attached hydrogen (secondary N) is 1. The highest BCUT2D eigenvalue weighted by Crippen LogP contribution is 2.24. The molecule has 1 fully saturated rings. The molecule has 1 aliphatic heterocycles. The second kappa shape index (κ2) is 9.48. The molecule has 1 aliphatic rings. The Bertz CT molecular complexity index is 776. The molecule has 1 heterocycles. The van der Waals surface area contributed by atoms with Gasteiger partial charge in [0, 0.05) is 31.7 Å². The third kappa shape index (κ3) is 5.88. The molecular formula is C22H26Cl2N2O. The lowest BCUT2D eigenvalue weighted by atomic mass is 9.99. The normalized spacial score (nSPS) is 17.0. The van der Waals surface area contributed by atoms with Crippen molar-refractivity contribution in [2.24, 2.45) is 5.92 Å². The standard InChI is InChI=1S/C22H26Cl2N2O/c1-16-3-2-12-26(15-16)19-8-4-18(5-9-19)14-25-22(27)11-7-17-6-10-20(23)21(24)13-17/h4-6,8-10,13,16H,2-3,7,11-12,14-15H2,1H3,(H,25,27). The van der Waals surface area contributed by atoms with Gasteiger partial charge >= 0.3 is 0 Å². The molecule has 1 amide bonds. The van der Waals surface area contributed by atoms with Crippen LogP contribution in [0.3, 0.4) is 0 Å². The van der Waals surface area contributed by atoms with Gasteiger partial charge in [-0.3, -0.25) is 4.79 Å². The van der Waals surface area contributed by atoms with Crippen LogP contribution in [-0.4, -0.2) is 19.0 Å². The summed E-state index contributed by atoms with van der Waals surface area (Å²) in [6.07, 6.45) is 3.66. The molecule has 1 atom stereocenters. The minimum Gasteiger partial charge on any atom is -0.371 e. The van der Waals surface area contributed by atoms with Gasteiger partial charge in [0.25, 0.3) is 0 Å². The van der Waals surface area contributed by atoms with Gasteiger partial charge in [0.05, 0.1) is 10.0 Å². The van der Waals surface area contributed by atoms with Crippen LogP contribution in [0.25, 0.3) is 0 Å². The molecule has 0 spiro atoms. The van der Waals surface area contributed by atoms with Crippen LogP contribution in [0.4, 0.5) is 5.69 Å². The summed E-state index contributed by atoms with van der Waals surface area (Å²) in [5.74, 6) is 0.795. The molecule has 3 nitrogen and oxygen atoms in total. The quantitative estimate of drug-likeness (QED) is 0.690. The Kier molecular flexibility index (Phi) is 7.03. The van der Waals surface area contributed by atoms with E-state index in [1.165, 1.54) is 18.5 Å². The summed E-state index contributed by atoms with van der Waals surface area (Å²) in [4.78, 5) is 14.6. The van der Waals surface area contributed by atoms with E-state index in [0.717, 1.165) is 30.1 Å². The van der Waals surface area contributed by atoms with Crippen molar-refractivity contribution >= 4 is 34.8 Å². The lowest BCUT2D eigenvalue weighted by Crippen LogP contribution is -2.34. The third-order valence-electron chi connectivity index (χ3n) is 5.07. The summed E-state index contributed by atoms with van der Waals surface area (Å²) in [6, 6.07) is 14.0. The van der Waals surface area contributed by atoms with E-state index < -0.39 is 0 Å². The van der Waals surface area contributed by atoms with Crippen molar-refractivity contribution in [2.75, 3.05) is 18.0 Å². The number of nitrogens with zero attached hydrogens (tertiary/aromatic N) is 1. The van der Waals surface area contributed by atoms with E-state index in [-0.39, 0.29) is 5.91 Å². The fourth-order valence-corrected chi connectivity index (χ4v) is 3.81. The predicted molar refractivity (Wildman–Crippen MR) is 114 cm³/mol. The first-order valence-corrected chi connectivity index (χ1v) is 10.3. The number of aryl methyl sites for hydroxylation is 1. The molecule has 1 saturated heterocycles. The Labute approximate surface area is 171 Å². The minimum atomic E-state index is 0.0370. The highest BCUT2D eigenvalue weighted by molar-refractivity contribution is 6.42. The van der Waals surface area contributed by atoms with Crippen LogP contribution in [0.1, 0.15) is 37.3 Å². The van der Waals surface area contributed by atoms with E-state index in [4.69, 9.17) is 23.2 Å². The van der Waals surface area contributed by atoms with E-state index in [0.29, 0.717) is 29.4 Å². The zero-order valence-corrected chi connectivity index (χ0v) is 17.2. The molecule has 0 aliphatic carbocycles. The van der Waals surface area contributed by atoms with Crippen molar-refractivity contribution in [3.8, 4) is 0 Å². The smallest absolute Gasteiger partial charge is 0.220 e. The van der Waals surface area contributed by atoms with Gasteiger partial charge in [-0.05, 0) is 60.6 Å². The monoisotopic (exact) mass is 404 g/mol. The average Bonchev–Trinajstić information content (AvgIpc) is 2.67. The molecule has 2 aromatic carbocycles. The third-order valence-corrected chi connectivity index (χ3v) is 5.81. The number of anilines is 1. The highest BCUT2D eigenvalue weighted by atomic mass is 35.5. The van der Waals surface area contributed by atoms with Crippen LogP contribution in [0, 0.1) is 5.92 Å². The van der Waals surface area contributed by atoms with Gasteiger partial charge in [0.15, 0.2) is 0 Å². The second-order valence-electron chi connectivity index (χ2n) is 7.39. The number of carbonyl (C=O) groups excluding carboxylic acids is 1. The van der Waals surface area contributed by atoms with Gasteiger partial charge in [0.1, 0.15) is 0 Å². The number of carbonyl (C=O) groups is 1. The van der Waals surface area contributed by atoms with Crippen molar-refractivity contribution in [3.05, 3.63) is 63.6 Å². The van der Waals surface area contributed by atoms with Crippen molar-refractivity contribution in [1.82, 2.24) is 5.32 Å². The van der Waals surface area contributed by atoms with Crippen LogP contribution in [0.5, 0.6) is 0 Å². The number of piperidine rings is 1. The van der Waals surface area contributed by atoms with E-state index in [9.17, 15) is 4.79 Å². The first kappa shape index (κ1) is 20.0. The Hall–Kier alpha value is -1.71. The van der Waals surface area contributed by atoms with Crippen LogP contribution in [0.15, 0.2) is 42.5 Å². The van der Waals surface area contributed by atoms with Crippen molar-refractivity contribution in [1.29, 1.82) is 0 Å². The highest BCUT2D eigenvalue weighted by Gasteiger charge is 2.16. The molecule has 144 valence electrons. The summed E-state index contributed by atoms with van der Waals surface area (Å²) in [5.41, 5.74) is 3.41. The van der Waals surface area contributed by atoms with E-state index in [1.807, 2.05) is 12.1 Å². The summed E-state index contributed by atoms with van der Waals surface area (Å²) < 4.78 is 0.